The highest BCUT2D eigenvalue weighted by molar-refractivity contribution is 7.99. The van der Waals surface area contributed by atoms with Gasteiger partial charge in [0, 0.05) is 19.8 Å². The molecule has 0 spiro atoms. The summed E-state index contributed by atoms with van der Waals surface area (Å²) in [6, 6.07) is 7.23. The Kier molecular flexibility index (Phi) is 7.13. The number of carbonyl (C=O) groups is 2. The Morgan fingerprint density at radius 2 is 2.20 bits per heavy atom. The number of hydrogen-bond donors (Lipinski definition) is 1. The lowest BCUT2D eigenvalue weighted by Gasteiger charge is -2.25. The number of para-hydroxylation sites is 2. The van der Waals surface area contributed by atoms with Crippen molar-refractivity contribution in [2.75, 3.05) is 35.8 Å². The molecule has 1 N–H and O–H groups in total. The van der Waals surface area contributed by atoms with Crippen LogP contribution in [0.5, 0.6) is 0 Å². The Balaban J connectivity index is 2.14. The molecule has 0 saturated carbocycles. The van der Waals surface area contributed by atoms with Gasteiger partial charge in [0.05, 0.1) is 17.1 Å². The van der Waals surface area contributed by atoms with Crippen molar-refractivity contribution >= 4 is 35.0 Å². The van der Waals surface area contributed by atoms with Gasteiger partial charge in [-0.3, -0.25) is 9.59 Å². The van der Waals surface area contributed by atoms with E-state index in [4.69, 9.17) is 0 Å². The Morgan fingerprint density at radius 1 is 1.44 bits per heavy atom. The molecule has 1 aromatic rings. The lowest BCUT2D eigenvalue weighted by molar-refractivity contribution is -0.134. The van der Waals surface area contributed by atoms with Crippen LogP contribution >= 0.6 is 11.8 Å². The lowest BCUT2D eigenvalue weighted by Crippen LogP contribution is -2.44. The first-order valence-electron chi connectivity index (χ1n) is 8.28. The van der Waals surface area contributed by atoms with Crippen molar-refractivity contribution in [2.45, 2.75) is 18.9 Å². The van der Waals surface area contributed by atoms with Crippen molar-refractivity contribution in [3.05, 3.63) is 49.2 Å². The van der Waals surface area contributed by atoms with E-state index in [0.29, 0.717) is 18.7 Å². The second-order valence-corrected chi connectivity index (χ2v) is 6.74. The van der Waals surface area contributed by atoms with Crippen LogP contribution < -0.4 is 10.2 Å². The number of anilines is 2. The number of amides is 2. The molecule has 1 fully saturated rings. The SMILES string of the molecule is C=C/C=C\N(C)c1ccccc1NC(=O)[C@@H]1CCCN1C(=O)CSC. The maximum absolute atomic E-state index is 12.8. The lowest BCUT2D eigenvalue weighted by atomic mass is 10.2. The number of thioether (sulfide) groups is 1. The van der Waals surface area contributed by atoms with Crippen LogP contribution in [-0.2, 0) is 9.59 Å². The van der Waals surface area contributed by atoms with Gasteiger partial charge in [-0.1, -0.05) is 24.8 Å². The van der Waals surface area contributed by atoms with Gasteiger partial charge in [-0.05, 0) is 37.3 Å². The van der Waals surface area contributed by atoms with Crippen LogP contribution in [0, 0.1) is 0 Å². The molecule has 6 heteroatoms. The van der Waals surface area contributed by atoms with Crippen LogP contribution in [0.3, 0.4) is 0 Å². The summed E-state index contributed by atoms with van der Waals surface area (Å²) in [4.78, 5) is 28.6. The fourth-order valence-electron chi connectivity index (χ4n) is 2.92. The molecule has 0 bridgehead atoms. The third-order valence-electron chi connectivity index (χ3n) is 4.13. The molecule has 5 nitrogen and oxygen atoms in total. The zero-order valence-electron chi connectivity index (χ0n) is 14.8. The van der Waals surface area contributed by atoms with Gasteiger partial charge < -0.3 is 15.1 Å². The summed E-state index contributed by atoms with van der Waals surface area (Å²) in [6.07, 6.45) is 8.87. The minimum Gasteiger partial charge on any atom is -0.349 e. The molecular formula is C19H25N3O2S. The molecule has 2 rings (SSSR count). The molecule has 1 aromatic carbocycles. The number of nitrogens with one attached hydrogen (secondary N) is 1. The Bertz CT molecular complexity index is 660. The second kappa shape index (κ2) is 9.32. The molecule has 0 unspecified atom stereocenters. The summed E-state index contributed by atoms with van der Waals surface area (Å²) in [5.74, 6) is 0.320. The number of hydrogen-bond acceptors (Lipinski definition) is 4. The highest BCUT2D eigenvalue weighted by atomic mass is 32.2. The number of benzene rings is 1. The topological polar surface area (TPSA) is 52.7 Å². The van der Waals surface area contributed by atoms with E-state index >= 15 is 0 Å². The smallest absolute Gasteiger partial charge is 0.247 e. The summed E-state index contributed by atoms with van der Waals surface area (Å²) in [5.41, 5.74) is 1.61. The monoisotopic (exact) mass is 359 g/mol. The van der Waals surface area contributed by atoms with Crippen LogP contribution in [0.2, 0.25) is 0 Å². The van der Waals surface area contributed by atoms with Crippen LogP contribution in [0.25, 0.3) is 0 Å². The van der Waals surface area contributed by atoms with Crippen molar-refractivity contribution in [3.63, 3.8) is 0 Å². The van der Waals surface area contributed by atoms with Crippen molar-refractivity contribution in [3.8, 4) is 0 Å². The average Bonchev–Trinajstić information content (AvgIpc) is 3.10. The number of carbonyl (C=O) groups excluding carboxylic acids is 2. The van der Waals surface area contributed by atoms with Crippen molar-refractivity contribution in [2.24, 2.45) is 0 Å². The number of allylic oxidation sites excluding steroid dienone is 2. The van der Waals surface area contributed by atoms with Gasteiger partial charge in [0.2, 0.25) is 11.8 Å². The molecule has 0 aromatic heterocycles. The molecular weight excluding hydrogens is 334 g/mol. The van der Waals surface area contributed by atoms with Gasteiger partial charge in [0.15, 0.2) is 0 Å². The molecule has 1 heterocycles. The van der Waals surface area contributed by atoms with E-state index in [2.05, 4.69) is 11.9 Å². The fraction of sp³-hybridized carbons (Fsp3) is 0.368. The first-order valence-corrected chi connectivity index (χ1v) is 9.68. The highest BCUT2D eigenvalue weighted by Crippen LogP contribution is 2.27. The van der Waals surface area contributed by atoms with Crippen LogP contribution in [-0.4, -0.2) is 48.4 Å². The quantitative estimate of drug-likeness (QED) is 0.760. The minimum absolute atomic E-state index is 0.0319. The standard InChI is InChI=1S/C19H25N3O2S/c1-4-5-12-21(2)16-10-7-6-9-15(16)20-19(24)17-11-8-13-22(17)18(23)14-25-3/h4-7,9-10,12,17H,1,8,11,13-14H2,2-3H3,(H,20,24)/b12-5-/t17-/m0/s1. The van der Waals surface area contributed by atoms with E-state index in [9.17, 15) is 9.59 Å². The summed E-state index contributed by atoms with van der Waals surface area (Å²) in [6.45, 7) is 4.32. The molecule has 1 aliphatic rings. The largest absolute Gasteiger partial charge is 0.349 e. The second-order valence-electron chi connectivity index (χ2n) is 5.87. The molecule has 0 radical (unpaired) electrons. The van der Waals surface area contributed by atoms with Gasteiger partial charge in [0.1, 0.15) is 6.04 Å². The first-order chi connectivity index (χ1) is 12.1. The van der Waals surface area contributed by atoms with Gasteiger partial charge >= 0.3 is 0 Å². The fourth-order valence-corrected chi connectivity index (χ4v) is 3.33. The van der Waals surface area contributed by atoms with Crippen molar-refractivity contribution < 1.29 is 9.59 Å². The summed E-state index contributed by atoms with van der Waals surface area (Å²) in [7, 11) is 1.91. The van der Waals surface area contributed by atoms with E-state index in [1.807, 2.05) is 54.7 Å². The summed E-state index contributed by atoms with van der Waals surface area (Å²) < 4.78 is 0. The van der Waals surface area contributed by atoms with Crippen LogP contribution in [0.4, 0.5) is 11.4 Å². The van der Waals surface area contributed by atoms with E-state index in [0.717, 1.165) is 17.8 Å². The third-order valence-corrected chi connectivity index (χ3v) is 4.67. The van der Waals surface area contributed by atoms with Gasteiger partial charge in [0.25, 0.3) is 0 Å². The molecule has 1 atom stereocenters. The summed E-state index contributed by atoms with van der Waals surface area (Å²) in [5, 5.41) is 3.00. The predicted octanol–water partition coefficient (Wildman–Crippen LogP) is 3.12. The summed E-state index contributed by atoms with van der Waals surface area (Å²) >= 11 is 1.48. The Morgan fingerprint density at radius 3 is 2.92 bits per heavy atom. The molecule has 25 heavy (non-hydrogen) atoms. The van der Waals surface area contributed by atoms with Gasteiger partial charge in [-0.15, -0.1) is 0 Å². The molecule has 134 valence electrons. The minimum atomic E-state index is -0.387. The molecule has 2 amide bonds. The third kappa shape index (κ3) is 4.89. The van der Waals surface area contributed by atoms with Crippen molar-refractivity contribution in [1.29, 1.82) is 0 Å². The Hall–Kier alpha value is -2.21. The first kappa shape index (κ1) is 19.1. The van der Waals surface area contributed by atoms with Gasteiger partial charge in [-0.2, -0.15) is 11.8 Å². The maximum atomic E-state index is 12.8. The van der Waals surface area contributed by atoms with E-state index in [1.54, 1.807) is 11.0 Å². The average molecular weight is 359 g/mol. The van der Waals surface area contributed by atoms with Gasteiger partial charge in [-0.25, -0.2) is 0 Å². The maximum Gasteiger partial charge on any atom is 0.247 e. The van der Waals surface area contributed by atoms with E-state index in [1.165, 1.54) is 11.8 Å². The molecule has 0 aliphatic carbocycles. The zero-order chi connectivity index (χ0) is 18.2. The van der Waals surface area contributed by atoms with Crippen molar-refractivity contribution in [1.82, 2.24) is 4.90 Å². The normalized spacial score (nSPS) is 16.9. The van der Waals surface area contributed by atoms with E-state index < -0.39 is 0 Å². The Labute approximate surface area is 153 Å². The van der Waals surface area contributed by atoms with Crippen LogP contribution in [0.1, 0.15) is 12.8 Å². The molecule has 1 saturated heterocycles. The van der Waals surface area contributed by atoms with E-state index in [-0.39, 0.29) is 17.9 Å². The predicted molar refractivity (Wildman–Crippen MR) is 106 cm³/mol. The molecule has 1 aliphatic heterocycles. The highest BCUT2D eigenvalue weighted by Gasteiger charge is 2.33. The number of rotatable bonds is 7. The van der Waals surface area contributed by atoms with Crippen LogP contribution in [0.15, 0.2) is 49.2 Å². The number of nitrogens with zero attached hydrogens (tertiary/aromatic N) is 2. The zero-order valence-corrected chi connectivity index (χ0v) is 15.6. The number of likely N-dealkylation sites (tertiary alicyclic amines) is 1.